The van der Waals surface area contributed by atoms with Crippen LogP contribution in [0.5, 0.6) is 0 Å². The minimum atomic E-state index is -3.85. The largest absolute Gasteiger partial charge is 0.780 e. The highest BCUT2D eigenvalue weighted by Crippen LogP contribution is 2.32. The van der Waals surface area contributed by atoms with Crippen LogP contribution in [0.1, 0.15) is 96.8 Å². The van der Waals surface area contributed by atoms with E-state index in [2.05, 4.69) is 30.9 Å². The molecule has 0 aliphatic carbocycles. The van der Waals surface area contributed by atoms with Crippen LogP contribution in [0.25, 0.3) is 0 Å². The van der Waals surface area contributed by atoms with Crippen molar-refractivity contribution in [2.75, 3.05) is 13.2 Å². The molecule has 1 aliphatic rings. The number of hydrogen-bond donors (Lipinski definition) is 1. The van der Waals surface area contributed by atoms with E-state index in [1.54, 1.807) is 0 Å². The molecule has 1 aliphatic heterocycles. The summed E-state index contributed by atoms with van der Waals surface area (Å²) >= 11 is 4.31. The maximum atomic E-state index is 10.9. The van der Waals surface area contributed by atoms with Gasteiger partial charge in [0.25, 0.3) is 0 Å². The zero-order valence-electron chi connectivity index (χ0n) is 17.6. The maximum absolute atomic E-state index is 10.9. The first-order valence-corrected chi connectivity index (χ1v) is 13.7. The van der Waals surface area contributed by atoms with Crippen LogP contribution in [0.4, 0.5) is 0 Å². The predicted molar refractivity (Wildman–Crippen MR) is 117 cm³/mol. The lowest BCUT2D eigenvalue weighted by Gasteiger charge is -2.21. The van der Waals surface area contributed by atoms with E-state index in [4.69, 9.17) is 18.9 Å². The molecule has 1 rings (SSSR count). The van der Waals surface area contributed by atoms with Crippen molar-refractivity contribution in [3.63, 3.8) is 0 Å². The number of allylic oxidation sites excluding steroid dienone is 2. The second-order valence-electron chi connectivity index (χ2n) is 7.66. The summed E-state index contributed by atoms with van der Waals surface area (Å²) in [7, 11) is 0. The van der Waals surface area contributed by atoms with Gasteiger partial charge in [0, 0.05) is 0 Å². The summed E-state index contributed by atoms with van der Waals surface area (Å²) in [6.45, 7) is -1.18. The average Bonchev–Trinajstić information content (AvgIpc) is 3.10. The fraction of sp³-hybridized carbons (Fsp3) is 0.905. The van der Waals surface area contributed by atoms with Crippen molar-refractivity contribution < 1.29 is 23.8 Å². The first-order valence-electron chi connectivity index (χ1n) is 11.1. The molecule has 5 nitrogen and oxygen atoms in total. The molecule has 1 N–H and O–H groups in total. The van der Waals surface area contributed by atoms with Crippen molar-refractivity contribution in [2.24, 2.45) is 0 Å². The lowest BCUT2D eigenvalue weighted by Crippen LogP contribution is -2.20. The van der Waals surface area contributed by atoms with E-state index in [0.29, 0.717) is 6.61 Å². The molecule has 0 aromatic carbocycles. The van der Waals surface area contributed by atoms with Crippen LogP contribution < -0.4 is 4.89 Å². The summed E-state index contributed by atoms with van der Waals surface area (Å²) in [6, 6.07) is 0. The van der Waals surface area contributed by atoms with E-state index in [1.165, 1.54) is 77.0 Å². The van der Waals surface area contributed by atoms with E-state index in [9.17, 15) is 4.89 Å². The predicted octanol–water partition coefficient (Wildman–Crippen LogP) is 5.36. The lowest BCUT2D eigenvalue weighted by atomic mass is 10.1. The highest BCUT2D eigenvalue weighted by molar-refractivity contribution is 8.06. The van der Waals surface area contributed by atoms with Gasteiger partial charge < -0.3 is 23.8 Å². The maximum Gasteiger partial charge on any atom is 0.158 e. The van der Waals surface area contributed by atoms with Crippen molar-refractivity contribution in [2.45, 2.75) is 109 Å². The number of hydrogen-bond acceptors (Lipinski definition) is 5. The third-order valence-electron chi connectivity index (χ3n) is 4.94. The molecule has 0 radical (unpaired) electrons. The second kappa shape index (κ2) is 16.9. The fourth-order valence-corrected chi connectivity index (χ4v) is 3.84. The van der Waals surface area contributed by atoms with Gasteiger partial charge >= 0.3 is 0 Å². The van der Waals surface area contributed by atoms with E-state index >= 15 is 0 Å². The van der Waals surface area contributed by atoms with Gasteiger partial charge in [-0.1, -0.05) is 82.2 Å². The van der Waals surface area contributed by atoms with Crippen molar-refractivity contribution in [1.29, 1.82) is 0 Å². The van der Waals surface area contributed by atoms with Crippen molar-refractivity contribution in [3.8, 4) is 0 Å². The lowest BCUT2D eigenvalue weighted by molar-refractivity contribution is -0.203. The smallest absolute Gasteiger partial charge is 0.158 e. The van der Waals surface area contributed by atoms with Gasteiger partial charge in [-0.05, 0) is 38.5 Å². The van der Waals surface area contributed by atoms with Gasteiger partial charge in [0.15, 0.2) is 6.29 Å². The van der Waals surface area contributed by atoms with E-state index in [1.807, 2.05) is 0 Å². The molecule has 1 saturated heterocycles. The molecule has 0 aromatic heterocycles. The van der Waals surface area contributed by atoms with Crippen molar-refractivity contribution in [1.82, 2.24) is 0 Å². The molecule has 7 heteroatoms. The molecule has 0 amide bonds. The highest BCUT2D eigenvalue weighted by Gasteiger charge is 2.26. The van der Waals surface area contributed by atoms with Crippen LogP contribution in [0.15, 0.2) is 12.2 Å². The Labute approximate surface area is 177 Å². The van der Waals surface area contributed by atoms with Crippen molar-refractivity contribution in [3.05, 3.63) is 12.2 Å². The Balaban J connectivity index is 1.83. The monoisotopic (exact) mass is 435 g/mol. The Morgan fingerprint density at radius 1 is 1.00 bits per heavy atom. The van der Waals surface area contributed by atoms with E-state index in [-0.39, 0.29) is 19.0 Å². The molecule has 28 heavy (non-hydrogen) atoms. The quantitative estimate of drug-likeness (QED) is 0.178. The zero-order chi connectivity index (χ0) is 20.5. The Hall–Kier alpha value is 0.190. The minimum absolute atomic E-state index is 0.0140. The van der Waals surface area contributed by atoms with Crippen LogP contribution >= 0.6 is 6.72 Å². The summed E-state index contributed by atoms with van der Waals surface area (Å²) in [5.74, 6) is 0. The van der Waals surface area contributed by atoms with Gasteiger partial charge in [0.2, 0.25) is 0 Å². The number of rotatable bonds is 18. The van der Waals surface area contributed by atoms with Gasteiger partial charge in [0.1, 0.15) is 12.8 Å². The normalized spacial score (nSPS) is 22.1. The van der Waals surface area contributed by atoms with Crippen LogP contribution in [0.3, 0.4) is 0 Å². The number of ether oxygens (including phenoxy) is 2. The van der Waals surface area contributed by atoms with Gasteiger partial charge in [-0.25, -0.2) is 0 Å². The van der Waals surface area contributed by atoms with Crippen LogP contribution in [-0.4, -0.2) is 30.5 Å². The SMILES string of the molecule is CCCCCCCC/C=C\CCCCCCC[C@H]1OCC(COP([O-])(O)=S)O1. The third kappa shape index (κ3) is 16.0. The molecule has 0 aromatic rings. The summed E-state index contributed by atoms with van der Waals surface area (Å²) < 4.78 is 15.9. The molecule has 1 fully saturated rings. The highest BCUT2D eigenvalue weighted by atomic mass is 32.5. The minimum Gasteiger partial charge on any atom is -0.780 e. The second-order valence-corrected chi connectivity index (χ2v) is 10.2. The molecule has 0 saturated carbocycles. The van der Waals surface area contributed by atoms with Crippen molar-refractivity contribution >= 4 is 18.5 Å². The Kier molecular flexibility index (Phi) is 15.9. The first kappa shape index (κ1) is 26.2. The zero-order valence-corrected chi connectivity index (χ0v) is 19.3. The van der Waals surface area contributed by atoms with Gasteiger partial charge in [-0.3, -0.25) is 0 Å². The summed E-state index contributed by atoms with van der Waals surface area (Å²) in [5.41, 5.74) is 0. The van der Waals surface area contributed by atoms with Crippen LogP contribution in [-0.2, 0) is 25.8 Å². The molecule has 166 valence electrons. The summed E-state index contributed by atoms with van der Waals surface area (Å²) in [6.07, 6.45) is 21.8. The molecule has 0 spiro atoms. The Morgan fingerprint density at radius 2 is 1.57 bits per heavy atom. The van der Waals surface area contributed by atoms with Crippen LogP contribution in [0.2, 0.25) is 0 Å². The summed E-state index contributed by atoms with van der Waals surface area (Å²) in [4.78, 5) is 19.9. The van der Waals surface area contributed by atoms with Gasteiger partial charge in [0.05, 0.1) is 13.2 Å². The molecule has 2 unspecified atom stereocenters. The van der Waals surface area contributed by atoms with E-state index in [0.717, 1.165) is 12.8 Å². The molecular formula is C21H40O5PS-. The third-order valence-corrected chi connectivity index (χ3v) is 5.73. The average molecular weight is 436 g/mol. The Bertz CT molecular complexity index is 441. The fourth-order valence-electron chi connectivity index (χ4n) is 3.31. The Morgan fingerprint density at radius 3 is 2.18 bits per heavy atom. The number of unbranched alkanes of at least 4 members (excludes halogenated alkanes) is 11. The van der Waals surface area contributed by atoms with Gasteiger partial charge in [-0.2, -0.15) is 0 Å². The topological polar surface area (TPSA) is 71.0 Å². The summed E-state index contributed by atoms with van der Waals surface area (Å²) in [5, 5.41) is 0. The van der Waals surface area contributed by atoms with E-state index < -0.39 is 6.72 Å². The molecule has 3 atom stereocenters. The molecule has 0 bridgehead atoms. The molecule has 1 heterocycles. The van der Waals surface area contributed by atoms with Gasteiger partial charge in [-0.15, -0.1) is 0 Å². The standard InChI is InChI=1S/C21H41O5PS/c1-2-3-4-5-6-7-8-9-10-11-12-13-14-15-16-17-21-24-18-20(26-21)19-25-27(22,23)28/h9-10,20-21H,2-8,11-19H2,1H3,(H2,22,23,28)/p-1/b10-9-/t20?,21-/m0/s1. The first-order chi connectivity index (χ1) is 13.5. The molecular weight excluding hydrogens is 395 g/mol. The van der Waals surface area contributed by atoms with Crippen LogP contribution in [0, 0.1) is 0 Å².